The summed E-state index contributed by atoms with van der Waals surface area (Å²) >= 11 is 0. The minimum Gasteiger partial charge on any atom is -0.497 e. The number of methoxy groups -OCH3 is 1. The maximum Gasteiger partial charge on any atom is 0.247 e. The van der Waals surface area contributed by atoms with E-state index in [1.807, 2.05) is 62.4 Å². The molecule has 3 aromatic rings. The van der Waals surface area contributed by atoms with E-state index in [0.717, 1.165) is 17.0 Å². The first-order chi connectivity index (χ1) is 11.2. The van der Waals surface area contributed by atoms with Crippen LogP contribution in [-0.2, 0) is 0 Å². The summed E-state index contributed by atoms with van der Waals surface area (Å²) in [5.74, 6) is 1.91. The number of anilines is 1. The Morgan fingerprint density at radius 2 is 1.70 bits per heavy atom. The van der Waals surface area contributed by atoms with Gasteiger partial charge in [-0.25, -0.2) is 0 Å². The van der Waals surface area contributed by atoms with Gasteiger partial charge in [0, 0.05) is 11.3 Å². The van der Waals surface area contributed by atoms with Gasteiger partial charge in [-0.3, -0.25) is 0 Å². The topological polar surface area (TPSA) is 60.2 Å². The van der Waals surface area contributed by atoms with Crippen molar-refractivity contribution < 1.29 is 9.15 Å². The molecule has 0 fully saturated rings. The van der Waals surface area contributed by atoms with Crippen LogP contribution in [-0.4, -0.2) is 17.3 Å². The van der Waals surface area contributed by atoms with Crippen LogP contribution in [0.25, 0.3) is 11.5 Å². The lowest BCUT2D eigenvalue weighted by molar-refractivity contribution is 0.415. The van der Waals surface area contributed by atoms with Crippen LogP contribution in [0.1, 0.15) is 24.4 Å². The van der Waals surface area contributed by atoms with Gasteiger partial charge >= 0.3 is 0 Å². The molecule has 0 spiro atoms. The van der Waals surface area contributed by atoms with Crippen LogP contribution in [0.3, 0.4) is 0 Å². The fourth-order valence-electron chi connectivity index (χ4n) is 2.22. The van der Waals surface area contributed by atoms with E-state index in [9.17, 15) is 0 Å². The third-order valence-corrected chi connectivity index (χ3v) is 3.58. The van der Waals surface area contributed by atoms with Gasteiger partial charge in [-0.05, 0) is 50.2 Å². The van der Waals surface area contributed by atoms with E-state index in [1.165, 1.54) is 5.56 Å². The first-order valence-electron chi connectivity index (χ1n) is 7.47. The maximum atomic E-state index is 5.78. The lowest BCUT2D eigenvalue weighted by Crippen LogP contribution is -2.06. The van der Waals surface area contributed by atoms with Gasteiger partial charge in [-0.15, -0.1) is 10.2 Å². The molecule has 1 atom stereocenters. The monoisotopic (exact) mass is 309 g/mol. The predicted octanol–water partition coefficient (Wildman–Crippen LogP) is 4.23. The summed E-state index contributed by atoms with van der Waals surface area (Å²) in [6.07, 6.45) is 0. The number of ether oxygens (including phenoxy) is 1. The van der Waals surface area contributed by atoms with Gasteiger partial charge in [0.1, 0.15) is 11.8 Å². The quantitative estimate of drug-likeness (QED) is 0.764. The number of hydrogen-bond donors (Lipinski definition) is 1. The molecule has 0 amide bonds. The van der Waals surface area contributed by atoms with Gasteiger partial charge in [0.15, 0.2) is 0 Å². The Morgan fingerprint density at radius 1 is 1.00 bits per heavy atom. The van der Waals surface area contributed by atoms with Crippen molar-refractivity contribution in [2.75, 3.05) is 12.4 Å². The van der Waals surface area contributed by atoms with Crippen LogP contribution in [0.2, 0.25) is 0 Å². The minimum atomic E-state index is -0.0879. The normalized spacial score (nSPS) is 12.0. The molecule has 0 aliphatic heterocycles. The van der Waals surface area contributed by atoms with Gasteiger partial charge in [0.25, 0.3) is 0 Å². The molecule has 0 radical (unpaired) electrons. The van der Waals surface area contributed by atoms with E-state index < -0.39 is 0 Å². The molecular weight excluding hydrogens is 290 g/mol. The van der Waals surface area contributed by atoms with E-state index in [4.69, 9.17) is 9.15 Å². The number of rotatable bonds is 5. The number of nitrogens with one attached hydrogen (secondary N) is 1. The van der Waals surface area contributed by atoms with Crippen molar-refractivity contribution in [3.63, 3.8) is 0 Å². The first kappa shape index (κ1) is 15.1. The van der Waals surface area contributed by atoms with Crippen LogP contribution in [0.15, 0.2) is 52.9 Å². The van der Waals surface area contributed by atoms with Crippen LogP contribution < -0.4 is 10.1 Å². The minimum absolute atomic E-state index is 0.0879. The fourth-order valence-corrected chi connectivity index (χ4v) is 2.22. The highest BCUT2D eigenvalue weighted by molar-refractivity contribution is 5.53. The van der Waals surface area contributed by atoms with E-state index >= 15 is 0 Å². The maximum absolute atomic E-state index is 5.78. The summed E-state index contributed by atoms with van der Waals surface area (Å²) in [5.41, 5.74) is 3.09. The molecule has 0 saturated heterocycles. The van der Waals surface area contributed by atoms with Gasteiger partial charge in [-0.2, -0.15) is 0 Å². The van der Waals surface area contributed by atoms with Gasteiger partial charge in [0.2, 0.25) is 11.8 Å². The highest BCUT2D eigenvalue weighted by Crippen LogP contribution is 2.24. The van der Waals surface area contributed by atoms with Gasteiger partial charge in [-0.1, -0.05) is 17.7 Å². The Bertz CT molecular complexity index is 764. The molecule has 3 rings (SSSR count). The first-order valence-corrected chi connectivity index (χ1v) is 7.47. The lowest BCUT2D eigenvalue weighted by atomic mass is 10.1. The highest BCUT2D eigenvalue weighted by atomic mass is 16.5. The van der Waals surface area contributed by atoms with Crippen LogP contribution in [0, 0.1) is 6.92 Å². The Hall–Kier alpha value is -2.82. The van der Waals surface area contributed by atoms with Crippen LogP contribution in [0.5, 0.6) is 5.75 Å². The molecule has 1 aromatic heterocycles. The molecular formula is C18H19N3O2. The summed E-state index contributed by atoms with van der Waals surface area (Å²) in [4.78, 5) is 0. The third-order valence-electron chi connectivity index (χ3n) is 3.58. The molecule has 0 bridgehead atoms. The summed E-state index contributed by atoms with van der Waals surface area (Å²) < 4.78 is 10.9. The summed E-state index contributed by atoms with van der Waals surface area (Å²) in [6.45, 7) is 4.03. The average Bonchev–Trinajstić information content (AvgIpc) is 3.06. The summed E-state index contributed by atoms with van der Waals surface area (Å²) in [5, 5.41) is 11.6. The molecule has 23 heavy (non-hydrogen) atoms. The number of benzene rings is 2. The molecule has 0 aliphatic rings. The Kier molecular flexibility index (Phi) is 4.28. The largest absolute Gasteiger partial charge is 0.497 e. The number of aromatic nitrogens is 2. The average molecular weight is 309 g/mol. The number of nitrogens with zero attached hydrogens (tertiary/aromatic N) is 2. The van der Waals surface area contributed by atoms with Crippen molar-refractivity contribution >= 4 is 5.69 Å². The van der Waals surface area contributed by atoms with Crippen molar-refractivity contribution in [2.45, 2.75) is 19.9 Å². The van der Waals surface area contributed by atoms with Crippen molar-refractivity contribution in [3.8, 4) is 17.2 Å². The molecule has 1 heterocycles. The second kappa shape index (κ2) is 6.52. The van der Waals surface area contributed by atoms with E-state index in [-0.39, 0.29) is 6.04 Å². The number of hydrogen-bond acceptors (Lipinski definition) is 5. The zero-order chi connectivity index (χ0) is 16.2. The van der Waals surface area contributed by atoms with E-state index in [1.54, 1.807) is 7.11 Å². The molecule has 5 nitrogen and oxygen atoms in total. The summed E-state index contributed by atoms with van der Waals surface area (Å²) in [7, 11) is 1.65. The smallest absolute Gasteiger partial charge is 0.247 e. The molecule has 118 valence electrons. The Balaban J connectivity index is 1.72. The van der Waals surface area contributed by atoms with Crippen molar-refractivity contribution in [3.05, 3.63) is 60.0 Å². The fraction of sp³-hybridized carbons (Fsp3) is 0.222. The molecule has 5 heteroatoms. The van der Waals surface area contributed by atoms with Crippen LogP contribution >= 0.6 is 0 Å². The second-order valence-corrected chi connectivity index (χ2v) is 5.41. The molecule has 1 N–H and O–H groups in total. The zero-order valence-corrected chi connectivity index (χ0v) is 13.4. The van der Waals surface area contributed by atoms with Gasteiger partial charge in [0.05, 0.1) is 7.11 Å². The summed E-state index contributed by atoms with van der Waals surface area (Å²) in [6, 6.07) is 15.6. The van der Waals surface area contributed by atoms with E-state index in [2.05, 4.69) is 15.5 Å². The Morgan fingerprint density at radius 3 is 2.35 bits per heavy atom. The predicted molar refractivity (Wildman–Crippen MR) is 89.5 cm³/mol. The van der Waals surface area contributed by atoms with E-state index in [0.29, 0.717) is 11.8 Å². The zero-order valence-electron chi connectivity index (χ0n) is 13.4. The van der Waals surface area contributed by atoms with Crippen molar-refractivity contribution in [2.24, 2.45) is 0 Å². The molecule has 1 unspecified atom stereocenters. The highest BCUT2D eigenvalue weighted by Gasteiger charge is 2.15. The molecule has 2 aromatic carbocycles. The second-order valence-electron chi connectivity index (χ2n) is 5.41. The standard InChI is InChI=1S/C18H19N3O2/c1-12-4-6-14(7-5-12)18-21-20-17(23-18)13(2)19-15-8-10-16(22-3)11-9-15/h4-11,13,19H,1-3H3. The van der Waals surface area contributed by atoms with Gasteiger partial charge < -0.3 is 14.5 Å². The SMILES string of the molecule is COc1ccc(NC(C)c2nnc(-c3ccc(C)cc3)o2)cc1. The van der Waals surface area contributed by atoms with Crippen LogP contribution in [0.4, 0.5) is 5.69 Å². The number of aryl methyl sites for hydroxylation is 1. The van der Waals surface area contributed by atoms with Crippen molar-refractivity contribution in [1.29, 1.82) is 0 Å². The molecule has 0 aliphatic carbocycles. The lowest BCUT2D eigenvalue weighted by Gasteiger charge is -2.11. The van der Waals surface area contributed by atoms with Crippen molar-refractivity contribution in [1.82, 2.24) is 10.2 Å². The Labute approximate surface area is 135 Å². The molecule has 0 saturated carbocycles. The third kappa shape index (κ3) is 3.51.